The number of carbonyl (C=O) groups excluding carboxylic acids is 2. The third-order valence-corrected chi connectivity index (χ3v) is 2.19. The fraction of sp³-hybridized carbons (Fsp3) is 0.833. The smallest absolute Gasteiger partial charge is 0.234 e. The zero-order chi connectivity index (χ0) is 12.6. The highest BCUT2D eigenvalue weighted by atomic mass is 16.2. The van der Waals surface area contributed by atoms with Gasteiger partial charge in [0.15, 0.2) is 0 Å². The second kappa shape index (κ2) is 8.28. The van der Waals surface area contributed by atoms with Crippen LogP contribution < -0.4 is 5.32 Å². The maximum Gasteiger partial charge on any atom is 0.234 e. The molecule has 0 aliphatic carbocycles. The predicted octanol–water partition coefficient (Wildman–Crippen LogP) is 1.20. The van der Waals surface area contributed by atoms with Crippen molar-refractivity contribution in [1.29, 1.82) is 0 Å². The van der Waals surface area contributed by atoms with Gasteiger partial charge in [0.05, 0.1) is 13.1 Å². The molecule has 0 radical (unpaired) electrons. The van der Waals surface area contributed by atoms with Gasteiger partial charge in [-0.05, 0) is 26.8 Å². The molecule has 0 unspecified atom stereocenters. The minimum Gasteiger partial charge on any atom is -0.353 e. The number of rotatable bonds is 8. The summed E-state index contributed by atoms with van der Waals surface area (Å²) < 4.78 is 0. The van der Waals surface area contributed by atoms with E-state index in [2.05, 4.69) is 5.32 Å². The molecule has 0 aromatic rings. The molecule has 0 aliphatic rings. The van der Waals surface area contributed by atoms with Crippen molar-refractivity contribution in [1.82, 2.24) is 10.2 Å². The Kier molecular flexibility index (Phi) is 7.81. The number of nitrogens with one attached hydrogen (secondary N) is 1. The highest BCUT2D eigenvalue weighted by Crippen LogP contribution is 1.95. The van der Waals surface area contributed by atoms with E-state index in [0.717, 1.165) is 13.0 Å². The van der Waals surface area contributed by atoms with E-state index in [1.165, 1.54) is 0 Å². The average molecular weight is 228 g/mol. The Morgan fingerprint density at radius 2 is 1.81 bits per heavy atom. The monoisotopic (exact) mass is 228 g/mol. The van der Waals surface area contributed by atoms with Gasteiger partial charge >= 0.3 is 0 Å². The quantitative estimate of drug-likeness (QED) is 0.679. The van der Waals surface area contributed by atoms with Gasteiger partial charge in [-0.25, -0.2) is 0 Å². The van der Waals surface area contributed by atoms with Crippen LogP contribution in [0.3, 0.4) is 0 Å². The number of ketones is 1. The van der Waals surface area contributed by atoms with Crippen LogP contribution in [0.1, 0.15) is 40.5 Å². The number of amides is 1. The summed E-state index contributed by atoms with van der Waals surface area (Å²) in [6.45, 7) is 9.22. The molecule has 0 bridgehead atoms. The molecule has 0 spiro atoms. The molecule has 1 amide bonds. The van der Waals surface area contributed by atoms with Crippen molar-refractivity contribution in [2.45, 2.75) is 46.6 Å². The molecule has 0 rings (SSSR count). The first kappa shape index (κ1) is 15.1. The minimum absolute atomic E-state index is 0.0128. The van der Waals surface area contributed by atoms with Gasteiger partial charge in [-0.2, -0.15) is 0 Å². The summed E-state index contributed by atoms with van der Waals surface area (Å²) in [6.07, 6.45) is 1.47. The molecule has 4 heteroatoms. The van der Waals surface area contributed by atoms with Gasteiger partial charge in [0.2, 0.25) is 5.91 Å². The highest BCUT2D eigenvalue weighted by molar-refractivity contribution is 5.82. The fourth-order valence-electron chi connectivity index (χ4n) is 1.46. The molecule has 1 N–H and O–H groups in total. The average Bonchev–Trinajstić information content (AvgIpc) is 2.15. The molecule has 0 aromatic heterocycles. The molecule has 4 nitrogen and oxygen atoms in total. The molecule has 0 aromatic carbocycles. The first-order valence-electron chi connectivity index (χ1n) is 6.03. The molecule has 94 valence electrons. The predicted molar refractivity (Wildman–Crippen MR) is 65.3 cm³/mol. The Morgan fingerprint density at radius 3 is 2.25 bits per heavy atom. The number of carbonyl (C=O) groups is 2. The molecule has 0 saturated heterocycles. The van der Waals surface area contributed by atoms with Gasteiger partial charge < -0.3 is 5.32 Å². The zero-order valence-electron chi connectivity index (χ0n) is 10.9. The first-order valence-corrected chi connectivity index (χ1v) is 6.03. The van der Waals surface area contributed by atoms with Crippen LogP contribution in [0.5, 0.6) is 0 Å². The van der Waals surface area contributed by atoms with Gasteiger partial charge in [-0.15, -0.1) is 0 Å². The number of likely N-dealkylation sites (N-methyl/N-ethyl adjacent to an activating group) is 1. The Bertz CT molecular complexity index is 227. The summed E-state index contributed by atoms with van der Waals surface area (Å²) in [6, 6.07) is 0.151. The number of Topliss-reactive ketones (excluding diaryl/α,β-unsaturated/α-hetero) is 1. The largest absolute Gasteiger partial charge is 0.353 e. The van der Waals surface area contributed by atoms with E-state index in [1.54, 1.807) is 0 Å². The molecule has 0 atom stereocenters. The normalized spacial score (nSPS) is 10.9. The van der Waals surface area contributed by atoms with E-state index < -0.39 is 0 Å². The molecule has 0 aliphatic heterocycles. The van der Waals surface area contributed by atoms with Crippen LogP contribution in [0, 0.1) is 0 Å². The van der Waals surface area contributed by atoms with E-state index in [9.17, 15) is 9.59 Å². The van der Waals surface area contributed by atoms with Crippen LogP contribution >= 0.6 is 0 Å². The molecule has 0 fully saturated rings. The summed E-state index contributed by atoms with van der Waals surface area (Å²) in [7, 11) is 0. The zero-order valence-corrected chi connectivity index (χ0v) is 10.9. The van der Waals surface area contributed by atoms with Crippen molar-refractivity contribution in [2.75, 3.05) is 19.6 Å². The maximum atomic E-state index is 11.5. The van der Waals surface area contributed by atoms with E-state index in [1.807, 2.05) is 32.6 Å². The van der Waals surface area contributed by atoms with Crippen LogP contribution in [-0.2, 0) is 9.59 Å². The lowest BCUT2D eigenvalue weighted by atomic mass is 10.2. The summed E-state index contributed by atoms with van der Waals surface area (Å²) in [5.74, 6) is 0.197. The van der Waals surface area contributed by atoms with Crippen molar-refractivity contribution < 1.29 is 9.59 Å². The molecule has 0 saturated carbocycles. The van der Waals surface area contributed by atoms with Gasteiger partial charge in [-0.1, -0.05) is 13.8 Å². The molecule has 0 heterocycles. The third-order valence-electron chi connectivity index (χ3n) is 2.19. The Morgan fingerprint density at radius 1 is 1.19 bits per heavy atom. The molecular formula is C12H24N2O2. The minimum atomic E-state index is -0.0128. The Labute approximate surface area is 98.4 Å². The lowest BCUT2D eigenvalue weighted by molar-refractivity contribution is -0.124. The van der Waals surface area contributed by atoms with Crippen molar-refractivity contribution in [3.63, 3.8) is 0 Å². The van der Waals surface area contributed by atoms with E-state index in [-0.39, 0.29) is 17.7 Å². The van der Waals surface area contributed by atoms with Crippen molar-refractivity contribution in [3.8, 4) is 0 Å². The summed E-state index contributed by atoms with van der Waals surface area (Å²) in [5, 5.41) is 2.82. The number of nitrogens with zero attached hydrogens (tertiary/aromatic N) is 1. The Balaban J connectivity index is 3.99. The first-order chi connectivity index (χ1) is 7.49. The fourth-order valence-corrected chi connectivity index (χ4v) is 1.46. The topological polar surface area (TPSA) is 49.4 Å². The SMILES string of the molecule is CCCC(=O)CN(CC)CC(=O)NC(C)C. The van der Waals surface area contributed by atoms with Crippen LogP contribution in [0.25, 0.3) is 0 Å². The lowest BCUT2D eigenvalue weighted by Crippen LogP contribution is -2.41. The molecule has 16 heavy (non-hydrogen) atoms. The lowest BCUT2D eigenvalue weighted by Gasteiger charge is -2.19. The van der Waals surface area contributed by atoms with Crippen LogP contribution in [0.15, 0.2) is 0 Å². The molecular weight excluding hydrogens is 204 g/mol. The van der Waals surface area contributed by atoms with Gasteiger partial charge in [-0.3, -0.25) is 14.5 Å². The van der Waals surface area contributed by atoms with E-state index in [0.29, 0.717) is 19.5 Å². The van der Waals surface area contributed by atoms with Crippen LogP contribution in [-0.4, -0.2) is 42.3 Å². The van der Waals surface area contributed by atoms with Gasteiger partial charge in [0, 0.05) is 12.5 Å². The third kappa shape index (κ3) is 7.40. The van der Waals surface area contributed by atoms with E-state index in [4.69, 9.17) is 0 Å². The highest BCUT2D eigenvalue weighted by Gasteiger charge is 2.12. The van der Waals surface area contributed by atoms with Crippen LogP contribution in [0.2, 0.25) is 0 Å². The van der Waals surface area contributed by atoms with Crippen molar-refractivity contribution in [3.05, 3.63) is 0 Å². The van der Waals surface area contributed by atoms with Crippen LogP contribution in [0.4, 0.5) is 0 Å². The maximum absolute atomic E-state index is 11.5. The van der Waals surface area contributed by atoms with Gasteiger partial charge in [0.25, 0.3) is 0 Å². The summed E-state index contributed by atoms with van der Waals surface area (Å²) in [5.41, 5.74) is 0. The second-order valence-corrected chi connectivity index (χ2v) is 4.31. The Hall–Kier alpha value is -0.900. The van der Waals surface area contributed by atoms with E-state index >= 15 is 0 Å². The number of hydrogen-bond acceptors (Lipinski definition) is 3. The standard InChI is InChI=1S/C12H24N2O2/c1-5-7-11(15)8-14(6-2)9-12(16)13-10(3)4/h10H,5-9H2,1-4H3,(H,13,16). The summed E-state index contributed by atoms with van der Waals surface area (Å²) >= 11 is 0. The number of hydrogen-bond donors (Lipinski definition) is 1. The van der Waals surface area contributed by atoms with Gasteiger partial charge in [0.1, 0.15) is 5.78 Å². The van der Waals surface area contributed by atoms with Crippen molar-refractivity contribution in [2.24, 2.45) is 0 Å². The summed E-state index contributed by atoms with van der Waals surface area (Å²) in [4.78, 5) is 24.8. The second-order valence-electron chi connectivity index (χ2n) is 4.31. The van der Waals surface area contributed by atoms with Crippen molar-refractivity contribution >= 4 is 11.7 Å².